The van der Waals surface area contributed by atoms with Crippen LogP contribution in [0.4, 0.5) is 0 Å². The van der Waals surface area contributed by atoms with Gasteiger partial charge in [0.15, 0.2) is 0 Å². The van der Waals surface area contributed by atoms with Crippen LogP contribution in [0.2, 0.25) is 0 Å². The average Bonchev–Trinajstić information content (AvgIpc) is 2.43. The highest BCUT2D eigenvalue weighted by molar-refractivity contribution is 5.83. The van der Waals surface area contributed by atoms with Gasteiger partial charge in [0.1, 0.15) is 6.04 Å². The topological polar surface area (TPSA) is 75.6 Å². The molecular weight excluding hydrogens is 270 g/mol. The molecule has 0 aliphatic carbocycles. The minimum atomic E-state index is -0.998. The van der Waals surface area contributed by atoms with E-state index in [1.807, 2.05) is 44.2 Å². The summed E-state index contributed by atoms with van der Waals surface area (Å²) in [4.78, 5) is 22.7. The summed E-state index contributed by atoms with van der Waals surface area (Å²) in [5, 5.41) is 11.6. The maximum absolute atomic E-state index is 11.7. The number of carboxylic acids is 1. The Morgan fingerprint density at radius 3 is 2.48 bits per heavy atom. The minimum absolute atomic E-state index is 0.161. The predicted octanol–water partition coefficient (Wildman–Crippen LogP) is 2.21. The molecule has 0 saturated carbocycles. The van der Waals surface area contributed by atoms with Crippen molar-refractivity contribution in [1.82, 2.24) is 5.32 Å². The molecule has 0 radical (unpaired) electrons. The van der Waals surface area contributed by atoms with Gasteiger partial charge in [0.25, 0.3) is 0 Å². The number of rotatable bonds is 9. The van der Waals surface area contributed by atoms with Gasteiger partial charge >= 0.3 is 5.97 Å². The summed E-state index contributed by atoms with van der Waals surface area (Å²) < 4.78 is 5.41. The SMILES string of the molecule is CC(C)CC(NC(=O)CCOCc1ccccc1)C(=O)O. The molecule has 0 aliphatic rings. The first-order valence-electron chi connectivity index (χ1n) is 7.13. The van der Waals surface area contributed by atoms with E-state index in [1.54, 1.807) is 0 Å². The van der Waals surface area contributed by atoms with Crippen molar-refractivity contribution in [3.8, 4) is 0 Å². The van der Waals surface area contributed by atoms with E-state index >= 15 is 0 Å². The van der Waals surface area contributed by atoms with Crippen LogP contribution in [-0.4, -0.2) is 29.6 Å². The first kappa shape index (κ1) is 17.2. The van der Waals surface area contributed by atoms with Crippen molar-refractivity contribution in [2.24, 2.45) is 5.92 Å². The lowest BCUT2D eigenvalue weighted by Gasteiger charge is -2.16. The number of carbonyl (C=O) groups excluding carboxylic acids is 1. The number of carbonyl (C=O) groups is 2. The minimum Gasteiger partial charge on any atom is -0.480 e. The quantitative estimate of drug-likeness (QED) is 0.684. The Bertz CT molecular complexity index is 445. The largest absolute Gasteiger partial charge is 0.480 e. The van der Waals surface area contributed by atoms with Gasteiger partial charge in [0.2, 0.25) is 5.91 Å². The number of hydrogen-bond acceptors (Lipinski definition) is 3. The lowest BCUT2D eigenvalue weighted by Crippen LogP contribution is -2.41. The molecule has 1 aromatic rings. The Balaban J connectivity index is 2.25. The molecular formula is C16H23NO4. The van der Waals surface area contributed by atoms with E-state index in [9.17, 15) is 9.59 Å². The Kier molecular flexibility index (Phi) is 7.46. The molecule has 0 saturated heterocycles. The summed E-state index contributed by atoms with van der Waals surface area (Å²) in [5.74, 6) is -1.08. The Morgan fingerprint density at radius 1 is 1.24 bits per heavy atom. The molecule has 0 heterocycles. The van der Waals surface area contributed by atoms with Gasteiger partial charge in [0.05, 0.1) is 13.2 Å². The fourth-order valence-corrected chi connectivity index (χ4v) is 1.89. The number of carboxylic acid groups (broad SMARTS) is 1. The van der Waals surface area contributed by atoms with Crippen molar-refractivity contribution in [2.75, 3.05) is 6.61 Å². The molecule has 0 spiro atoms. The smallest absolute Gasteiger partial charge is 0.326 e. The van der Waals surface area contributed by atoms with Gasteiger partial charge in [-0.25, -0.2) is 4.79 Å². The van der Waals surface area contributed by atoms with E-state index in [2.05, 4.69) is 5.32 Å². The molecule has 21 heavy (non-hydrogen) atoms. The van der Waals surface area contributed by atoms with Crippen LogP contribution in [0.25, 0.3) is 0 Å². The summed E-state index contributed by atoms with van der Waals surface area (Å²) in [7, 11) is 0. The van der Waals surface area contributed by atoms with Crippen molar-refractivity contribution in [2.45, 2.75) is 39.3 Å². The van der Waals surface area contributed by atoms with Crippen molar-refractivity contribution >= 4 is 11.9 Å². The van der Waals surface area contributed by atoms with Gasteiger partial charge in [-0.15, -0.1) is 0 Å². The van der Waals surface area contributed by atoms with Crippen LogP contribution in [0, 0.1) is 5.92 Å². The summed E-state index contributed by atoms with van der Waals surface area (Å²) in [5.41, 5.74) is 1.04. The normalized spacial score (nSPS) is 12.1. The zero-order chi connectivity index (χ0) is 15.7. The Labute approximate surface area is 125 Å². The molecule has 0 aromatic heterocycles. The second-order valence-corrected chi connectivity index (χ2v) is 5.38. The molecule has 0 fully saturated rings. The highest BCUT2D eigenvalue weighted by Gasteiger charge is 2.20. The molecule has 1 rings (SSSR count). The second-order valence-electron chi connectivity index (χ2n) is 5.38. The molecule has 5 heteroatoms. The van der Waals surface area contributed by atoms with E-state index in [0.717, 1.165) is 5.56 Å². The van der Waals surface area contributed by atoms with Crippen LogP contribution in [0.5, 0.6) is 0 Å². The first-order chi connectivity index (χ1) is 9.99. The van der Waals surface area contributed by atoms with E-state index < -0.39 is 12.0 Å². The van der Waals surface area contributed by atoms with Crippen LogP contribution in [0.15, 0.2) is 30.3 Å². The highest BCUT2D eigenvalue weighted by Crippen LogP contribution is 2.05. The third kappa shape index (κ3) is 7.46. The first-order valence-corrected chi connectivity index (χ1v) is 7.13. The number of aliphatic carboxylic acids is 1. The number of nitrogens with one attached hydrogen (secondary N) is 1. The molecule has 2 N–H and O–H groups in total. The molecule has 1 amide bonds. The molecule has 0 bridgehead atoms. The summed E-state index contributed by atoms with van der Waals surface area (Å²) >= 11 is 0. The Morgan fingerprint density at radius 2 is 1.90 bits per heavy atom. The summed E-state index contributed by atoms with van der Waals surface area (Å²) in [6.07, 6.45) is 0.584. The summed E-state index contributed by atoms with van der Waals surface area (Å²) in [6.45, 7) is 4.56. The fourth-order valence-electron chi connectivity index (χ4n) is 1.89. The molecule has 0 aliphatic heterocycles. The van der Waals surface area contributed by atoms with Crippen LogP contribution in [0.1, 0.15) is 32.3 Å². The molecule has 1 atom stereocenters. The van der Waals surface area contributed by atoms with Gasteiger partial charge < -0.3 is 15.2 Å². The van der Waals surface area contributed by atoms with E-state index in [1.165, 1.54) is 0 Å². The predicted molar refractivity (Wildman–Crippen MR) is 79.7 cm³/mol. The number of ether oxygens (including phenoxy) is 1. The molecule has 5 nitrogen and oxygen atoms in total. The number of hydrogen-bond donors (Lipinski definition) is 2. The standard InChI is InChI=1S/C16H23NO4/c1-12(2)10-14(16(19)20)17-15(18)8-9-21-11-13-6-4-3-5-7-13/h3-7,12,14H,8-11H2,1-2H3,(H,17,18)(H,19,20). The van der Waals surface area contributed by atoms with E-state index in [4.69, 9.17) is 9.84 Å². The highest BCUT2D eigenvalue weighted by atomic mass is 16.5. The van der Waals surface area contributed by atoms with E-state index in [-0.39, 0.29) is 24.9 Å². The number of benzene rings is 1. The van der Waals surface area contributed by atoms with Crippen LogP contribution in [-0.2, 0) is 20.9 Å². The van der Waals surface area contributed by atoms with Crippen molar-refractivity contribution < 1.29 is 19.4 Å². The van der Waals surface area contributed by atoms with Gasteiger partial charge in [0, 0.05) is 6.42 Å². The Hall–Kier alpha value is -1.88. The van der Waals surface area contributed by atoms with Gasteiger partial charge in [-0.05, 0) is 17.9 Å². The third-order valence-corrected chi connectivity index (χ3v) is 2.93. The second kappa shape index (κ2) is 9.13. The van der Waals surface area contributed by atoms with E-state index in [0.29, 0.717) is 13.0 Å². The lowest BCUT2D eigenvalue weighted by atomic mass is 10.0. The molecule has 116 valence electrons. The third-order valence-electron chi connectivity index (χ3n) is 2.93. The lowest BCUT2D eigenvalue weighted by molar-refractivity contribution is -0.142. The van der Waals surface area contributed by atoms with Gasteiger partial charge in [-0.1, -0.05) is 44.2 Å². The fraction of sp³-hybridized carbons (Fsp3) is 0.500. The van der Waals surface area contributed by atoms with Crippen LogP contribution < -0.4 is 5.32 Å². The zero-order valence-electron chi connectivity index (χ0n) is 12.5. The maximum Gasteiger partial charge on any atom is 0.326 e. The van der Waals surface area contributed by atoms with Crippen molar-refractivity contribution in [1.29, 1.82) is 0 Å². The monoisotopic (exact) mass is 293 g/mol. The van der Waals surface area contributed by atoms with Crippen molar-refractivity contribution in [3.05, 3.63) is 35.9 Å². The zero-order valence-corrected chi connectivity index (χ0v) is 12.5. The molecule has 1 aromatic carbocycles. The van der Waals surface area contributed by atoms with Crippen LogP contribution in [0.3, 0.4) is 0 Å². The number of amides is 1. The van der Waals surface area contributed by atoms with Crippen LogP contribution >= 0.6 is 0 Å². The van der Waals surface area contributed by atoms with Crippen molar-refractivity contribution in [3.63, 3.8) is 0 Å². The van der Waals surface area contributed by atoms with Gasteiger partial charge in [-0.2, -0.15) is 0 Å². The average molecular weight is 293 g/mol. The summed E-state index contributed by atoms with van der Waals surface area (Å²) in [6, 6.07) is 8.85. The molecule has 1 unspecified atom stereocenters. The maximum atomic E-state index is 11.7. The van der Waals surface area contributed by atoms with Gasteiger partial charge in [-0.3, -0.25) is 4.79 Å².